The van der Waals surface area contributed by atoms with Gasteiger partial charge in [-0.15, -0.1) is 0 Å². The molecular formula is C26H34N7O18P3S-4. The summed E-state index contributed by atoms with van der Waals surface area (Å²) in [5.74, 6) is -1.19. The molecule has 25 nitrogen and oxygen atoms in total. The molecule has 7 atom stereocenters. The highest BCUT2D eigenvalue weighted by Gasteiger charge is 2.47. The number of thioether (sulfide) groups is 1. The fourth-order valence-corrected chi connectivity index (χ4v) is 8.10. The minimum absolute atomic E-state index is 0.0245. The van der Waals surface area contributed by atoms with Crippen LogP contribution in [0.25, 0.3) is 11.2 Å². The molecule has 2 amide bonds. The largest absolute Gasteiger partial charge is 0.790 e. The Morgan fingerprint density at radius 3 is 2.47 bits per heavy atom. The summed E-state index contributed by atoms with van der Waals surface area (Å²) in [6.07, 6.45) is -6.29. The van der Waals surface area contributed by atoms with Crippen molar-refractivity contribution in [2.24, 2.45) is 5.41 Å². The molecule has 1 fully saturated rings. The molecule has 55 heavy (non-hydrogen) atoms. The summed E-state index contributed by atoms with van der Waals surface area (Å²) in [5.41, 5.74) is 4.05. The third-order valence-corrected chi connectivity index (χ3v) is 11.3. The van der Waals surface area contributed by atoms with Crippen LogP contribution in [0, 0.1) is 5.41 Å². The van der Waals surface area contributed by atoms with Gasteiger partial charge < -0.3 is 73.4 Å². The number of hydrogen-bond acceptors (Lipinski definition) is 23. The van der Waals surface area contributed by atoms with Gasteiger partial charge in [0.05, 0.1) is 33.6 Å². The zero-order chi connectivity index (χ0) is 40.8. The number of imidazole rings is 1. The molecule has 3 aromatic heterocycles. The highest BCUT2D eigenvalue weighted by molar-refractivity contribution is 8.14. The number of furan rings is 1. The third-order valence-electron chi connectivity index (χ3n) is 7.43. The lowest BCUT2D eigenvalue weighted by molar-refractivity contribution is -0.347. The second-order valence-electron chi connectivity index (χ2n) is 12.1. The number of carbonyl (C=O) groups is 3. The van der Waals surface area contributed by atoms with Crippen LogP contribution in [0.5, 0.6) is 0 Å². The molecule has 1 aliphatic rings. The van der Waals surface area contributed by atoms with E-state index in [4.69, 9.17) is 14.9 Å². The monoisotopic (exact) mass is 857 g/mol. The van der Waals surface area contributed by atoms with Crippen molar-refractivity contribution in [2.75, 3.05) is 37.8 Å². The number of rotatable bonds is 20. The zero-order valence-corrected chi connectivity index (χ0v) is 32.1. The van der Waals surface area contributed by atoms with Crippen LogP contribution in [-0.2, 0) is 45.9 Å². The first-order valence-corrected chi connectivity index (χ1v) is 21.0. The van der Waals surface area contributed by atoms with Gasteiger partial charge in [-0.05, 0) is 12.1 Å². The van der Waals surface area contributed by atoms with Crippen LogP contribution >= 0.6 is 35.2 Å². The molecule has 306 valence electrons. The highest BCUT2D eigenvalue weighted by atomic mass is 32.2. The first-order chi connectivity index (χ1) is 25.6. The molecule has 4 heterocycles. The zero-order valence-electron chi connectivity index (χ0n) is 28.6. The Morgan fingerprint density at radius 1 is 1.09 bits per heavy atom. The Hall–Kier alpha value is -3.16. The van der Waals surface area contributed by atoms with Crippen molar-refractivity contribution in [2.45, 2.75) is 50.9 Å². The fraction of sp³-hybridized carbons (Fsp3) is 0.538. The minimum atomic E-state index is -5.92. The Bertz CT molecular complexity index is 1960. The summed E-state index contributed by atoms with van der Waals surface area (Å²) in [6, 6.07) is 3.05. The van der Waals surface area contributed by atoms with Crippen molar-refractivity contribution in [3.63, 3.8) is 0 Å². The van der Waals surface area contributed by atoms with Crippen molar-refractivity contribution in [1.82, 2.24) is 30.2 Å². The number of phosphoric acid groups is 3. The number of anilines is 1. The minimum Gasteiger partial charge on any atom is -0.790 e. The van der Waals surface area contributed by atoms with E-state index < -0.39 is 84.6 Å². The summed E-state index contributed by atoms with van der Waals surface area (Å²) >= 11 is 0.923. The molecule has 2 unspecified atom stereocenters. The number of phosphoric ester groups is 3. The first-order valence-electron chi connectivity index (χ1n) is 15.6. The van der Waals surface area contributed by atoms with E-state index in [1.54, 1.807) is 6.07 Å². The molecule has 29 heteroatoms. The molecule has 0 bridgehead atoms. The van der Waals surface area contributed by atoms with Crippen LogP contribution in [-0.4, -0.2) is 103 Å². The van der Waals surface area contributed by atoms with Crippen molar-refractivity contribution < 1.29 is 84.9 Å². The molecule has 1 saturated heterocycles. The summed E-state index contributed by atoms with van der Waals surface area (Å²) in [5, 5.41) is 25.8. The van der Waals surface area contributed by atoms with E-state index >= 15 is 0 Å². The van der Waals surface area contributed by atoms with Gasteiger partial charge >= 0.3 is 0 Å². The lowest BCUT2D eigenvalue weighted by atomic mass is 9.87. The topological polar surface area (TPSA) is 388 Å². The van der Waals surface area contributed by atoms with E-state index in [0.29, 0.717) is 0 Å². The average molecular weight is 858 g/mol. The van der Waals surface area contributed by atoms with Crippen LogP contribution in [0.4, 0.5) is 5.82 Å². The third kappa shape index (κ3) is 12.7. The molecule has 0 spiro atoms. The Morgan fingerprint density at radius 2 is 1.80 bits per heavy atom. The van der Waals surface area contributed by atoms with E-state index in [9.17, 15) is 57.9 Å². The summed E-state index contributed by atoms with van der Waals surface area (Å²) in [6.45, 7) is -0.0174. The van der Waals surface area contributed by atoms with Gasteiger partial charge in [0.25, 0.3) is 20.8 Å². The maximum absolute atomic E-state index is 12.5. The Balaban J connectivity index is 1.24. The van der Waals surface area contributed by atoms with Gasteiger partial charge in [-0.25, -0.2) is 19.3 Å². The first kappa shape index (κ1) is 44.6. The normalized spacial score (nSPS) is 21.8. The number of carbonyl (C=O) groups excluding carboxylic acids is 3. The van der Waals surface area contributed by atoms with Gasteiger partial charge in [0, 0.05) is 30.7 Å². The maximum Gasteiger partial charge on any atom is 0.274 e. The number of nitrogens with two attached hydrogens (primary N) is 1. The molecule has 0 radical (unpaired) electrons. The van der Waals surface area contributed by atoms with Crippen LogP contribution in [0.3, 0.4) is 0 Å². The van der Waals surface area contributed by atoms with Crippen molar-refractivity contribution in [3.05, 3.63) is 36.8 Å². The number of aliphatic hydroxyl groups excluding tert-OH is 2. The van der Waals surface area contributed by atoms with Crippen LogP contribution < -0.4 is 35.9 Å². The maximum atomic E-state index is 12.5. The van der Waals surface area contributed by atoms with E-state index in [-0.39, 0.29) is 53.1 Å². The highest BCUT2D eigenvalue weighted by Crippen LogP contribution is 2.56. The van der Waals surface area contributed by atoms with Crippen LogP contribution in [0.2, 0.25) is 0 Å². The van der Waals surface area contributed by atoms with Gasteiger partial charge in [-0.2, -0.15) is 0 Å². The van der Waals surface area contributed by atoms with Gasteiger partial charge in [-0.1, -0.05) is 25.6 Å². The molecule has 6 N–H and O–H groups in total. The van der Waals surface area contributed by atoms with E-state index in [2.05, 4.69) is 43.5 Å². The number of nitrogens with one attached hydrogen (secondary N) is 2. The Labute approximate surface area is 314 Å². The molecule has 0 saturated carbocycles. The predicted octanol–water partition coefficient (Wildman–Crippen LogP) is -2.96. The van der Waals surface area contributed by atoms with Gasteiger partial charge in [-0.3, -0.25) is 28.1 Å². The summed E-state index contributed by atoms with van der Waals surface area (Å²) < 4.78 is 65.4. The Kier molecular flexibility index (Phi) is 14.9. The van der Waals surface area contributed by atoms with Crippen LogP contribution in [0.1, 0.15) is 37.1 Å². The van der Waals surface area contributed by atoms with Crippen molar-refractivity contribution in [3.8, 4) is 0 Å². The quantitative estimate of drug-likeness (QED) is 0.0560. The van der Waals surface area contributed by atoms with Gasteiger partial charge in [0.15, 0.2) is 23.5 Å². The van der Waals surface area contributed by atoms with Crippen LogP contribution in [0.15, 0.2) is 35.5 Å². The molecule has 4 rings (SSSR count). The molecular weight excluding hydrogens is 823 g/mol. The summed E-state index contributed by atoms with van der Waals surface area (Å²) in [4.78, 5) is 95.8. The number of aliphatic hydroxyl groups is 2. The number of nitrogens with zero attached hydrogens (tertiary/aromatic N) is 4. The number of amides is 2. The lowest BCUT2D eigenvalue weighted by Crippen LogP contribution is -2.46. The number of hydrogen-bond donors (Lipinski definition) is 5. The number of ether oxygens (including phenoxy) is 1. The van der Waals surface area contributed by atoms with Crippen molar-refractivity contribution in [1.29, 1.82) is 0 Å². The van der Waals surface area contributed by atoms with Gasteiger partial charge in [0.1, 0.15) is 36.3 Å². The number of aromatic nitrogens is 4. The lowest BCUT2D eigenvalue weighted by Gasteiger charge is -2.36. The predicted molar refractivity (Wildman–Crippen MR) is 176 cm³/mol. The van der Waals surface area contributed by atoms with E-state index in [1.807, 2.05) is 0 Å². The second kappa shape index (κ2) is 18.4. The number of nitrogen functional groups attached to an aromatic ring is 1. The fourth-order valence-electron chi connectivity index (χ4n) is 4.72. The molecule has 0 aromatic carbocycles. The van der Waals surface area contributed by atoms with E-state index in [0.717, 1.165) is 29.0 Å². The smallest absolute Gasteiger partial charge is 0.274 e. The van der Waals surface area contributed by atoms with Crippen molar-refractivity contribution >= 4 is 69.1 Å². The van der Waals surface area contributed by atoms with Gasteiger partial charge in [0.2, 0.25) is 11.8 Å². The molecule has 1 aliphatic heterocycles. The van der Waals surface area contributed by atoms with E-state index in [1.165, 1.54) is 26.2 Å². The average Bonchev–Trinajstić information content (AvgIpc) is 3.84. The second-order valence-corrected chi connectivity index (χ2v) is 17.2. The standard InChI is InChI=1S/C26H38N7O18P3S/c1-26(2,20(36)23(37)29-6-5-16(34)28-7-9-55-25(38)14-4-3-8-46-14)11-48-54(44,45)51-53(42,43)47-10-15-19(50-52(39,40)41)18(35)24(49-15)33-13-32-17-21(27)30-12-31-22(17)33/h3-4,8,12-13,15,18-20,24,35-36H,5-7,9-11H2,1-2H3,(H,28,34)(H,29,37)(H,42,43)(H,44,45)(H2,27,30,31)(H2,39,40,41)/p-4/t15-,18-,19-,20+,24-/m1/s1. The number of fused-ring (bicyclic) bond motifs is 1. The molecule has 0 aliphatic carbocycles. The SMILES string of the molecule is CC(C)(COP(=O)([O-])OP(=O)([O-])OC[C@H]1O[C@@H](n2cnc3c(N)ncnc32)[C@H](O)[C@@H]1OP(=O)([O-])[O-])[C@@H](O)C(=O)NCCC(=O)NCCSC(=O)c1ccco1. The summed E-state index contributed by atoms with van der Waals surface area (Å²) in [7, 11) is -17.6. The molecule has 3 aromatic rings.